The van der Waals surface area contributed by atoms with Gasteiger partial charge in [0.1, 0.15) is 6.23 Å². The Hall–Kier alpha value is -0.653. The number of ether oxygens (including phenoxy) is 1. The fraction of sp³-hybridized carbons (Fsp3) is 0.750. The van der Waals surface area contributed by atoms with Gasteiger partial charge >= 0.3 is 14.5 Å². The Balaban J connectivity index is 4.50. The Labute approximate surface area is 105 Å². The fourth-order valence-corrected chi connectivity index (χ4v) is 4.54. The Bertz CT molecular complexity index is 225. The van der Waals surface area contributed by atoms with E-state index in [1.807, 2.05) is 13.8 Å². The van der Waals surface area contributed by atoms with Crippen molar-refractivity contribution >= 4 is 14.5 Å². The molecule has 4 nitrogen and oxygen atoms in total. The molecule has 0 aliphatic carbocycles. The minimum atomic E-state index is -2.39. The molecule has 0 aliphatic rings. The third-order valence-corrected chi connectivity index (χ3v) is 5.66. The quantitative estimate of drug-likeness (QED) is 0.344. The predicted octanol–water partition coefficient (Wildman–Crippen LogP) is 2.57. The summed E-state index contributed by atoms with van der Waals surface area (Å²) in [5.41, 5.74) is 0. The third kappa shape index (κ3) is 6.60. The second-order valence-electron chi connectivity index (χ2n) is 3.69. The Kier molecular flexibility index (Phi) is 9.02. The maximum Gasteiger partial charge on any atom is 0.377 e. The summed E-state index contributed by atoms with van der Waals surface area (Å²) < 4.78 is 16.7. The van der Waals surface area contributed by atoms with E-state index in [4.69, 9.17) is 13.6 Å². The van der Waals surface area contributed by atoms with Gasteiger partial charge < -0.3 is 13.6 Å². The van der Waals surface area contributed by atoms with Gasteiger partial charge in [0.25, 0.3) is 0 Å². The minimum Gasteiger partial charge on any atom is -0.461 e. The van der Waals surface area contributed by atoms with Gasteiger partial charge in [-0.2, -0.15) is 0 Å². The lowest BCUT2D eigenvalue weighted by atomic mass is 10.4. The summed E-state index contributed by atoms with van der Waals surface area (Å²) in [6.07, 6.45) is 3.51. The zero-order chi connectivity index (χ0) is 13.1. The first-order valence-electron chi connectivity index (χ1n) is 6.21. The van der Waals surface area contributed by atoms with Crippen molar-refractivity contribution < 1.29 is 18.4 Å². The first-order valence-corrected chi connectivity index (χ1v) is 8.44. The van der Waals surface area contributed by atoms with Crippen molar-refractivity contribution in [2.75, 3.05) is 19.4 Å². The molecule has 0 fully saturated rings. The SMILES string of the molecule is C=CC(=O)OC[Si](CCCC)(OCC)OCC. The van der Waals surface area contributed by atoms with E-state index >= 15 is 0 Å². The van der Waals surface area contributed by atoms with Crippen LogP contribution in [0.3, 0.4) is 0 Å². The highest BCUT2D eigenvalue weighted by Gasteiger charge is 2.38. The van der Waals surface area contributed by atoms with Gasteiger partial charge in [0.15, 0.2) is 0 Å². The van der Waals surface area contributed by atoms with E-state index in [2.05, 4.69) is 13.5 Å². The highest BCUT2D eigenvalue weighted by Crippen LogP contribution is 2.18. The van der Waals surface area contributed by atoms with Crippen LogP contribution in [0.4, 0.5) is 0 Å². The molecule has 0 saturated heterocycles. The lowest BCUT2D eigenvalue weighted by Gasteiger charge is -2.29. The monoisotopic (exact) mass is 260 g/mol. The van der Waals surface area contributed by atoms with E-state index in [9.17, 15) is 4.79 Å². The van der Waals surface area contributed by atoms with Crippen LogP contribution in [-0.2, 0) is 18.4 Å². The smallest absolute Gasteiger partial charge is 0.377 e. The zero-order valence-electron chi connectivity index (χ0n) is 11.2. The molecule has 100 valence electrons. The van der Waals surface area contributed by atoms with E-state index < -0.39 is 14.5 Å². The molecule has 0 heterocycles. The van der Waals surface area contributed by atoms with Crippen LogP contribution in [0.5, 0.6) is 0 Å². The van der Waals surface area contributed by atoms with Crippen molar-refractivity contribution in [1.82, 2.24) is 0 Å². The Morgan fingerprint density at radius 1 is 1.24 bits per heavy atom. The van der Waals surface area contributed by atoms with Crippen molar-refractivity contribution in [1.29, 1.82) is 0 Å². The largest absolute Gasteiger partial charge is 0.461 e. The lowest BCUT2D eigenvalue weighted by Crippen LogP contribution is -2.48. The first kappa shape index (κ1) is 16.3. The summed E-state index contributed by atoms with van der Waals surface area (Å²) in [5, 5.41) is 0. The van der Waals surface area contributed by atoms with E-state index in [1.54, 1.807) is 0 Å². The number of hydrogen-bond donors (Lipinski definition) is 0. The van der Waals surface area contributed by atoms with Crippen molar-refractivity contribution in [2.24, 2.45) is 0 Å². The van der Waals surface area contributed by atoms with Gasteiger partial charge in [-0.15, -0.1) is 0 Å². The molecule has 0 aromatic carbocycles. The van der Waals surface area contributed by atoms with Crippen molar-refractivity contribution in [3.05, 3.63) is 12.7 Å². The fourth-order valence-electron chi connectivity index (χ4n) is 1.55. The molecule has 0 unspecified atom stereocenters. The molecule has 0 saturated carbocycles. The van der Waals surface area contributed by atoms with Gasteiger partial charge in [0.2, 0.25) is 0 Å². The van der Waals surface area contributed by atoms with Crippen LogP contribution in [0.15, 0.2) is 12.7 Å². The van der Waals surface area contributed by atoms with Gasteiger partial charge in [0, 0.05) is 19.3 Å². The summed E-state index contributed by atoms with van der Waals surface area (Å²) in [7, 11) is -2.39. The molecule has 0 radical (unpaired) electrons. The van der Waals surface area contributed by atoms with E-state index in [0.717, 1.165) is 25.0 Å². The lowest BCUT2D eigenvalue weighted by molar-refractivity contribution is -0.136. The van der Waals surface area contributed by atoms with Crippen molar-refractivity contribution in [2.45, 2.75) is 39.7 Å². The second kappa shape index (κ2) is 9.38. The number of carbonyl (C=O) groups excluding carboxylic acids is 1. The van der Waals surface area contributed by atoms with Gasteiger partial charge in [-0.3, -0.25) is 0 Å². The molecule has 17 heavy (non-hydrogen) atoms. The van der Waals surface area contributed by atoms with Crippen LogP contribution in [0.1, 0.15) is 33.6 Å². The van der Waals surface area contributed by atoms with Crippen LogP contribution in [0.25, 0.3) is 0 Å². The Morgan fingerprint density at radius 3 is 2.24 bits per heavy atom. The average molecular weight is 260 g/mol. The van der Waals surface area contributed by atoms with Gasteiger partial charge in [-0.05, 0) is 19.9 Å². The first-order chi connectivity index (χ1) is 8.14. The maximum absolute atomic E-state index is 11.1. The summed E-state index contributed by atoms with van der Waals surface area (Å²) in [5.74, 6) is -0.419. The molecule has 0 amide bonds. The van der Waals surface area contributed by atoms with Crippen LogP contribution in [0, 0.1) is 0 Å². The molecule has 0 aromatic rings. The molecule has 0 aliphatic heterocycles. The molecule has 0 aromatic heterocycles. The second-order valence-corrected chi connectivity index (χ2v) is 6.88. The molecule has 0 bridgehead atoms. The third-order valence-electron chi connectivity index (χ3n) is 2.33. The number of unbranched alkanes of at least 4 members (excludes halogenated alkanes) is 1. The molecule has 0 N–H and O–H groups in total. The van der Waals surface area contributed by atoms with E-state index in [1.165, 1.54) is 0 Å². The normalized spacial score (nSPS) is 11.2. The maximum atomic E-state index is 11.1. The van der Waals surface area contributed by atoms with Gasteiger partial charge in [0.05, 0.1) is 0 Å². The van der Waals surface area contributed by atoms with Crippen LogP contribution in [0.2, 0.25) is 6.04 Å². The standard InChI is InChI=1S/C12H24O4Si/c1-5-9-10-17(15-7-3,16-8-4)11-14-12(13)6-2/h6H,2,5,7-11H2,1,3-4H3. The van der Waals surface area contributed by atoms with Gasteiger partial charge in [-0.25, -0.2) is 4.79 Å². The summed E-state index contributed by atoms with van der Waals surface area (Å²) in [6, 6.07) is 0.857. The molecular weight excluding hydrogens is 236 g/mol. The summed E-state index contributed by atoms with van der Waals surface area (Å²) >= 11 is 0. The average Bonchev–Trinajstić information content (AvgIpc) is 2.34. The molecular formula is C12H24O4Si. The number of esters is 1. The van der Waals surface area contributed by atoms with E-state index in [-0.39, 0.29) is 6.23 Å². The number of carbonyl (C=O) groups is 1. The molecule has 0 rings (SSSR count). The van der Waals surface area contributed by atoms with Crippen LogP contribution < -0.4 is 0 Å². The Morgan fingerprint density at radius 2 is 1.82 bits per heavy atom. The zero-order valence-corrected chi connectivity index (χ0v) is 12.2. The topological polar surface area (TPSA) is 44.8 Å². The highest BCUT2D eigenvalue weighted by molar-refractivity contribution is 6.67. The molecule has 5 heteroatoms. The van der Waals surface area contributed by atoms with Crippen molar-refractivity contribution in [3.63, 3.8) is 0 Å². The van der Waals surface area contributed by atoms with E-state index in [0.29, 0.717) is 13.2 Å². The van der Waals surface area contributed by atoms with Crippen molar-refractivity contribution in [3.8, 4) is 0 Å². The van der Waals surface area contributed by atoms with Crippen LogP contribution >= 0.6 is 0 Å². The number of hydrogen-bond acceptors (Lipinski definition) is 4. The summed E-state index contributed by atoms with van der Waals surface area (Å²) in [6.45, 7) is 10.5. The molecule has 0 spiro atoms. The number of rotatable bonds is 10. The highest BCUT2D eigenvalue weighted by atomic mass is 28.4. The summed E-state index contributed by atoms with van der Waals surface area (Å²) in [4.78, 5) is 11.1. The van der Waals surface area contributed by atoms with Gasteiger partial charge in [-0.1, -0.05) is 26.3 Å². The molecule has 0 atom stereocenters. The minimum absolute atomic E-state index is 0.250. The predicted molar refractivity (Wildman–Crippen MR) is 69.9 cm³/mol. The van der Waals surface area contributed by atoms with Crippen LogP contribution in [-0.4, -0.2) is 34.0 Å².